The van der Waals surface area contributed by atoms with Gasteiger partial charge in [-0.05, 0) is 18.2 Å². The van der Waals surface area contributed by atoms with Crippen molar-refractivity contribution >= 4 is 23.0 Å². The highest BCUT2D eigenvalue weighted by atomic mass is 16.6. The van der Waals surface area contributed by atoms with Crippen molar-refractivity contribution in [3.8, 4) is 23.2 Å². The van der Waals surface area contributed by atoms with Crippen LogP contribution in [0.4, 0.5) is 17.1 Å². The normalized spacial score (nSPS) is 18.2. The molecule has 162 valence electrons. The van der Waals surface area contributed by atoms with E-state index in [1.165, 1.54) is 42.5 Å². The number of carbonyl (C=O) groups excluding carboxylic acids is 1. The number of benzene rings is 2. The van der Waals surface area contributed by atoms with Crippen LogP contribution < -0.4 is 15.8 Å². The van der Waals surface area contributed by atoms with Crippen LogP contribution in [0.25, 0.3) is 11.3 Å². The topological polar surface area (TPSA) is 203 Å². The lowest BCUT2D eigenvalue weighted by Gasteiger charge is -2.31. The average Bonchev–Trinajstić information content (AvgIpc) is 3.33. The van der Waals surface area contributed by atoms with Gasteiger partial charge < -0.3 is 15.8 Å². The molecular weight excluding hydrogens is 434 g/mol. The molecule has 4 N–H and O–H groups in total. The van der Waals surface area contributed by atoms with Gasteiger partial charge in [-0.25, -0.2) is 0 Å². The largest absolute Gasteiger partial charge is 0.420 e. The Morgan fingerprint density at radius 1 is 1.09 bits per heavy atom. The van der Waals surface area contributed by atoms with Crippen molar-refractivity contribution < 1.29 is 19.4 Å². The molecule has 3 heterocycles. The van der Waals surface area contributed by atoms with Crippen LogP contribution in [0.15, 0.2) is 53.9 Å². The summed E-state index contributed by atoms with van der Waals surface area (Å²) in [5, 5.41) is 41.9. The third-order valence-corrected chi connectivity index (χ3v) is 5.62. The average molecular weight is 445 g/mol. The minimum Gasteiger partial charge on any atom is -0.420 e. The van der Waals surface area contributed by atoms with Gasteiger partial charge in [-0.3, -0.25) is 30.1 Å². The van der Waals surface area contributed by atoms with Gasteiger partial charge in [0.15, 0.2) is 0 Å². The highest BCUT2D eigenvalue weighted by molar-refractivity contribution is 6.13. The Morgan fingerprint density at radius 2 is 1.76 bits per heavy atom. The summed E-state index contributed by atoms with van der Waals surface area (Å²) in [7, 11) is 0. The van der Waals surface area contributed by atoms with Crippen LogP contribution in [0.2, 0.25) is 0 Å². The summed E-state index contributed by atoms with van der Waals surface area (Å²) in [5.74, 6) is -1.15. The first kappa shape index (κ1) is 19.7. The summed E-state index contributed by atoms with van der Waals surface area (Å²) in [6.45, 7) is 0. The van der Waals surface area contributed by atoms with E-state index in [2.05, 4.69) is 15.5 Å². The predicted molar refractivity (Wildman–Crippen MR) is 111 cm³/mol. The third kappa shape index (κ3) is 2.51. The molecule has 0 saturated carbocycles. The van der Waals surface area contributed by atoms with E-state index >= 15 is 0 Å². The number of nitrogens with one attached hydrogen (secondary N) is 2. The van der Waals surface area contributed by atoms with Crippen molar-refractivity contribution in [2.75, 3.05) is 5.32 Å². The summed E-state index contributed by atoms with van der Waals surface area (Å²) in [5.41, 5.74) is 4.50. The predicted octanol–water partition coefficient (Wildman–Crippen LogP) is 2.22. The van der Waals surface area contributed by atoms with Crippen molar-refractivity contribution in [2.45, 2.75) is 5.41 Å². The maximum atomic E-state index is 13.5. The van der Waals surface area contributed by atoms with Crippen LogP contribution in [0.5, 0.6) is 5.88 Å². The second kappa shape index (κ2) is 6.62. The molecule has 1 spiro atoms. The molecular formula is C20H11N7O6. The Morgan fingerprint density at radius 3 is 2.39 bits per heavy atom. The van der Waals surface area contributed by atoms with Gasteiger partial charge >= 0.3 is 0 Å². The molecule has 13 heteroatoms. The van der Waals surface area contributed by atoms with Gasteiger partial charge in [0, 0.05) is 41.1 Å². The number of hydrogen-bond acceptors (Lipinski definition) is 9. The van der Waals surface area contributed by atoms with E-state index in [4.69, 9.17) is 10.5 Å². The Hall–Kier alpha value is -5.25. The van der Waals surface area contributed by atoms with E-state index in [1.54, 1.807) is 0 Å². The number of ether oxygens (including phenoxy) is 1. The number of nitro benzene ring substituents is 2. The number of hydrogen-bond donors (Lipinski definition) is 3. The summed E-state index contributed by atoms with van der Waals surface area (Å²) in [6.07, 6.45) is 0. The van der Waals surface area contributed by atoms with Gasteiger partial charge in [-0.1, -0.05) is 0 Å². The maximum absolute atomic E-state index is 13.5. The number of nitrogens with zero attached hydrogens (tertiary/aromatic N) is 4. The molecule has 1 atom stereocenters. The molecule has 1 unspecified atom stereocenters. The molecule has 1 amide bonds. The monoisotopic (exact) mass is 445 g/mol. The highest BCUT2D eigenvalue weighted by Gasteiger charge is 2.59. The van der Waals surface area contributed by atoms with E-state index in [1.807, 2.05) is 6.07 Å². The van der Waals surface area contributed by atoms with Crippen molar-refractivity contribution in [1.82, 2.24) is 10.2 Å². The number of aromatic amines is 1. The zero-order valence-electron chi connectivity index (χ0n) is 16.4. The Kier molecular flexibility index (Phi) is 3.95. The van der Waals surface area contributed by atoms with Crippen molar-refractivity contribution in [3.05, 3.63) is 85.3 Å². The van der Waals surface area contributed by atoms with Crippen LogP contribution in [0.3, 0.4) is 0 Å². The number of amides is 1. The summed E-state index contributed by atoms with van der Waals surface area (Å²) < 4.78 is 5.50. The fourth-order valence-corrected chi connectivity index (χ4v) is 4.21. The van der Waals surface area contributed by atoms with Gasteiger partial charge in [0.05, 0.1) is 21.1 Å². The number of nitriles is 1. The van der Waals surface area contributed by atoms with E-state index in [0.29, 0.717) is 5.56 Å². The molecule has 0 aliphatic carbocycles. The lowest BCUT2D eigenvalue weighted by atomic mass is 9.68. The highest BCUT2D eigenvalue weighted by Crippen LogP contribution is 2.55. The zero-order valence-corrected chi connectivity index (χ0v) is 16.4. The molecule has 2 aromatic carbocycles. The van der Waals surface area contributed by atoms with Crippen molar-refractivity contribution in [3.63, 3.8) is 0 Å². The molecule has 2 aliphatic heterocycles. The first-order valence-electron chi connectivity index (χ1n) is 9.31. The SMILES string of the molecule is N#CC1=C(N)Oc2n[nH]c(-c3ccc([N+](=O)[O-])cc3)c2C12C(=O)Nc1ccc([N+](=O)[O-])cc12. The van der Waals surface area contributed by atoms with Gasteiger partial charge in [0.25, 0.3) is 11.4 Å². The minimum atomic E-state index is -1.89. The quantitative estimate of drug-likeness (QED) is 0.399. The first-order chi connectivity index (χ1) is 15.8. The molecule has 1 aromatic heterocycles. The summed E-state index contributed by atoms with van der Waals surface area (Å²) in [4.78, 5) is 34.8. The van der Waals surface area contributed by atoms with Crippen LogP contribution in [0, 0.1) is 31.6 Å². The van der Waals surface area contributed by atoms with Gasteiger partial charge in [0.1, 0.15) is 17.1 Å². The molecule has 33 heavy (non-hydrogen) atoms. The maximum Gasteiger partial charge on any atom is 0.269 e. The molecule has 0 radical (unpaired) electrons. The molecule has 5 rings (SSSR count). The number of aromatic nitrogens is 2. The number of H-pyrrole nitrogens is 1. The lowest BCUT2D eigenvalue weighted by molar-refractivity contribution is -0.385. The van der Waals surface area contributed by atoms with Gasteiger partial charge in [-0.15, -0.1) is 5.10 Å². The third-order valence-electron chi connectivity index (χ3n) is 5.62. The molecule has 3 aromatic rings. The van der Waals surface area contributed by atoms with Crippen LogP contribution >= 0.6 is 0 Å². The number of non-ortho nitro benzene ring substituents is 2. The van der Waals surface area contributed by atoms with E-state index in [0.717, 1.165) is 0 Å². The first-order valence-corrected chi connectivity index (χ1v) is 9.31. The number of rotatable bonds is 3. The second-order valence-corrected chi connectivity index (χ2v) is 7.23. The van der Waals surface area contributed by atoms with E-state index < -0.39 is 21.2 Å². The number of nitro groups is 2. The Balaban J connectivity index is 1.84. The van der Waals surface area contributed by atoms with Crippen molar-refractivity contribution in [1.29, 1.82) is 5.26 Å². The summed E-state index contributed by atoms with van der Waals surface area (Å²) in [6, 6.07) is 11.1. The fourth-order valence-electron chi connectivity index (χ4n) is 4.21. The van der Waals surface area contributed by atoms with Gasteiger partial charge in [0.2, 0.25) is 17.7 Å². The summed E-state index contributed by atoms with van der Waals surface area (Å²) >= 11 is 0. The molecule has 0 fully saturated rings. The van der Waals surface area contributed by atoms with E-state index in [-0.39, 0.29) is 51.2 Å². The fraction of sp³-hybridized carbons (Fsp3) is 0.0500. The number of carbonyl (C=O) groups is 1. The Labute approximate surface area is 183 Å². The molecule has 2 aliphatic rings. The van der Waals surface area contributed by atoms with Crippen molar-refractivity contribution in [2.24, 2.45) is 5.73 Å². The van der Waals surface area contributed by atoms with Crippen LogP contribution in [-0.2, 0) is 10.2 Å². The standard InChI is InChI=1S/C20H11N7O6/c21-8-13-17(22)33-18-15(16(24-25-18)9-1-3-10(4-2-9)26(29)30)20(13)12-7-11(27(31)32)5-6-14(12)23-19(20)28/h1-7H,22H2,(H,23,28)(H,24,25). The van der Waals surface area contributed by atoms with E-state index in [9.17, 15) is 30.3 Å². The van der Waals surface area contributed by atoms with Crippen LogP contribution in [-0.4, -0.2) is 26.0 Å². The Bertz CT molecular complexity index is 1470. The van der Waals surface area contributed by atoms with Gasteiger partial charge in [-0.2, -0.15) is 5.26 Å². The zero-order chi connectivity index (χ0) is 23.5. The number of nitrogens with two attached hydrogens (primary N) is 1. The second-order valence-electron chi connectivity index (χ2n) is 7.23. The minimum absolute atomic E-state index is 0.102. The number of anilines is 1. The molecule has 0 bridgehead atoms. The smallest absolute Gasteiger partial charge is 0.269 e. The number of fused-ring (bicyclic) bond motifs is 4. The van der Waals surface area contributed by atoms with Crippen LogP contribution in [0.1, 0.15) is 11.1 Å². The molecule has 0 saturated heterocycles. The lowest BCUT2D eigenvalue weighted by Crippen LogP contribution is -2.42. The molecule has 13 nitrogen and oxygen atoms in total.